The average molecular weight is 1470 g/mol. The highest BCUT2D eigenvalue weighted by Gasteiger charge is 2.30. The quantitative estimate of drug-likeness (QED) is 0.0222. The van der Waals surface area contributed by atoms with Crippen molar-refractivity contribution in [2.24, 2.45) is 5.92 Å². The molecule has 6 atom stereocenters. The standard InChI is InChI=1S/C81H158O17P2/c1-6-10-13-16-19-22-25-28-31-33-34-35-38-41-44-47-50-57-62-66-80(85)97-76(70-91-78(83)64-59-54-48-45-42-39-37-32-29-26-23-20-17-14-11-7-2)72-95-99(87,88)93-68-75(82)69-94-100(89,90)96-73-77(71-92-79(84)65-60-55-52-51-53-58-63-74(5)9-4)98-81(86)67-61-56-49-46-43-40-36-30-27-24-21-18-15-12-8-3/h74-77,82H,6-73H2,1-5H3,(H,87,88)(H,89,90)/t74?,75-,76-,77-/m1/s1. The van der Waals surface area contributed by atoms with E-state index in [1.54, 1.807) is 0 Å². The molecule has 0 heterocycles. The van der Waals surface area contributed by atoms with Gasteiger partial charge < -0.3 is 33.8 Å². The maximum absolute atomic E-state index is 13.1. The molecule has 0 aliphatic rings. The molecule has 3 N–H and O–H groups in total. The smallest absolute Gasteiger partial charge is 0.462 e. The molecular formula is C81H158O17P2. The zero-order valence-electron chi connectivity index (χ0n) is 65.3. The van der Waals surface area contributed by atoms with Crippen molar-refractivity contribution in [1.29, 1.82) is 0 Å². The number of rotatable bonds is 81. The van der Waals surface area contributed by atoms with Crippen LogP contribution in [-0.4, -0.2) is 96.7 Å². The molecule has 17 nitrogen and oxygen atoms in total. The van der Waals surface area contributed by atoms with E-state index in [1.807, 2.05) is 0 Å². The average Bonchev–Trinajstić information content (AvgIpc) is 0.970. The van der Waals surface area contributed by atoms with Crippen molar-refractivity contribution in [2.75, 3.05) is 39.6 Å². The highest BCUT2D eigenvalue weighted by atomic mass is 31.2. The van der Waals surface area contributed by atoms with Crippen molar-refractivity contribution in [3.05, 3.63) is 0 Å². The lowest BCUT2D eigenvalue weighted by Crippen LogP contribution is -2.30. The van der Waals surface area contributed by atoms with Gasteiger partial charge in [-0.15, -0.1) is 0 Å². The Kier molecular flexibility index (Phi) is 72.5. The molecule has 0 rings (SSSR count). The Balaban J connectivity index is 5.24. The molecule has 0 saturated carbocycles. The summed E-state index contributed by atoms with van der Waals surface area (Å²) in [7, 11) is -9.92. The molecule has 3 unspecified atom stereocenters. The van der Waals surface area contributed by atoms with E-state index >= 15 is 0 Å². The summed E-state index contributed by atoms with van der Waals surface area (Å²) in [5, 5.41) is 10.6. The van der Waals surface area contributed by atoms with Gasteiger partial charge in [0, 0.05) is 25.7 Å². The molecule has 0 bridgehead atoms. The maximum Gasteiger partial charge on any atom is 0.472 e. The Morgan fingerprint density at radius 3 is 0.710 bits per heavy atom. The van der Waals surface area contributed by atoms with Crippen LogP contribution in [-0.2, 0) is 65.4 Å². The van der Waals surface area contributed by atoms with Gasteiger partial charge in [0.25, 0.3) is 0 Å². The fourth-order valence-electron chi connectivity index (χ4n) is 12.6. The summed E-state index contributed by atoms with van der Waals surface area (Å²) < 4.78 is 68.7. The number of aliphatic hydroxyl groups is 1. The molecule has 0 saturated heterocycles. The van der Waals surface area contributed by atoms with Crippen LogP contribution in [0.1, 0.15) is 433 Å². The number of phosphoric ester groups is 2. The Labute approximate surface area is 613 Å². The van der Waals surface area contributed by atoms with Gasteiger partial charge in [-0.3, -0.25) is 37.3 Å². The van der Waals surface area contributed by atoms with Crippen LogP contribution in [0.4, 0.5) is 0 Å². The second-order valence-electron chi connectivity index (χ2n) is 29.4. The third kappa shape index (κ3) is 73.0. The lowest BCUT2D eigenvalue weighted by atomic mass is 10.00. The van der Waals surface area contributed by atoms with Crippen molar-refractivity contribution in [3.8, 4) is 0 Å². The van der Waals surface area contributed by atoms with Crippen molar-refractivity contribution in [3.63, 3.8) is 0 Å². The predicted octanol–water partition coefficient (Wildman–Crippen LogP) is 24.4. The van der Waals surface area contributed by atoms with Gasteiger partial charge in [-0.2, -0.15) is 0 Å². The van der Waals surface area contributed by atoms with E-state index in [9.17, 15) is 43.2 Å². The normalized spacial score (nSPS) is 14.1. The van der Waals surface area contributed by atoms with E-state index in [4.69, 9.17) is 37.0 Å². The van der Waals surface area contributed by atoms with E-state index in [2.05, 4.69) is 34.6 Å². The topological polar surface area (TPSA) is 237 Å². The molecule has 0 aliphatic heterocycles. The number of aliphatic hydroxyl groups excluding tert-OH is 1. The number of esters is 4. The van der Waals surface area contributed by atoms with E-state index in [0.717, 1.165) is 102 Å². The summed E-state index contributed by atoms with van der Waals surface area (Å²) in [6.45, 7) is 7.30. The number of unbranched alkanes of at least 4 members (excludes halogenated alkanes) is 52. The summed E-state index contributed by atoms with van der Waals surface area (Å²) >= 11 is 0. The minimum Gasteiger partial charge on any atom is -0.462 e. The van der Waals surface area contributed by atoms with E-state index in [-0.39, 0.29) is 25.7 Å². The third-order valence-electron chi connectivity index (χ3n) is 19.4. The van der Waals surface area contributed by atoms with Gasteiger partial charge in [-0.1, -0.05) is 381 Å². The monoisotopic (exact) mass is 1470 g/mol. The first-order valence-electron chi connectivity index (χ1n) is 42.2. The molecule has 0 aromatic rings. The second-order valence-corrected chi connectivity index (χ2v) is 32.3. The minimum atomic E-state index is -4.96. The van der Waals surface area contributed by atoms with Gasteiger partial charge in [0.15, 0.2) is 12.2 Å². The fraction of sp³-hybridized carbons (Fsp3) is 0.951. The highest BCUT2D eigenvalue weighted by Crippen LogP contribution is 2.45. The Morgan fingerprint density at radius 1 is 0.280 bits per heavy atom. The molecule has 0 aromatic carbocycles. The van der Waals surface area contributed by atoms with Crippen LogP contribution in [0.25, 0.3) is 0 Å². The number of hydrogen-bond donors (Lipinski definition) is 3. The molecule has 0 amide bonds. The molecule has 100 heavy (non-hydrogen) atoms. The van der Waals surface area contributed by atoms with Crippen LogP contribution in [0.3, 0.4) is 0 Å². The first-order valence-corrected chi connectivity index (χ1v) is 45.2. The van der Waals surface area contributed by atoms with Gasteiger partial charge in [0.05, 0.1) is 26.4 Å². The van der Waals surface area contributed by atoms with Crippen molar-refractivity contribution >= 4 is 39.5 Å². The summed E-state index contributed by atoms with van der Waals surface area (Å²) in [6.07, 6.45) is 65.2. The van der Waals surface area contributed by atoms with Gasteiger partial charge in [0.2, 0.25) is 0 Å². The third-order valence-corrected chi connectivity index (χ3v) is 21.3. The van der Waals surface area contributed by atoms with Crippen LogP contribution in [0, 0.1) is 5.92 Å². The van der Waals surface area contributed by atoms with Crippen molar-refractivity contribution < 1.29 is 80.2 Å². The van der Waals surface area contributed by atoms with Crippen LogP contribution in [0.15, 0.2) is 0 Å². The summed E-state index contributed by atoms with van der Waals surface area (Å²) in [5.41, 5.74) is 0. The molecule has 0 fully saturated rings. The van der Waals surface area contributed by atoms with E-state index in [0.29, 0.717) is 25.7 Å². The fourth-order valence-corrected chi connectivity index (χ4v) is 14.1. The number of carbonyl (C=O) groups excluding carboxylic acids is 4. The van der Waals surface area contributed by atoms with E-state index < -0.39 is 97.5 Å². The van der Waals surface area contributed by atoms with Crippen LogP contribution in [0.2, 0.25) is 0 Å². The molecule has 594 valence electrons. The molecule has 19 heteroatoms. The lowest BCUT2D eigenvalue weighted by Gasteiger charge is -2.21. The Hall–Kier alpha value is -1.94. The minimum absolute atomic E-state index is 0.108. The largest absolute Gasteiger partial charge is 0.472 e. The van der Waals surface area contributed by atoms with Crippen LogP contribution >= 0.6 is 15.6 Å². The molecule has 0 radical (unpaired) electrons. The summed E-state index contributed by atoms with van der Waals surface area (Å²) in [5.74, 6) is -1.38. The predicted molar refractivity (Wildman–Crippen MR) is 409 cm³/mol. The zero-order chi connectivity index (χ0) is 73.4. The van der Waals surface area contributed by atoms with E-state index in [1.165, 1.54) is 250 Å². The lowest BCUT2D eigenvalue weighted by molar-refractivity contribution is -0.161. The number of carbonyl (C=O) groups is 4. The first-order chi connectivity index (χ1) is 48.6. The summed E-state index contributed by atoms with van der Waals surface area (Å²) in [4.78, 5) is 73.0. The van der Waals surface area contributed by atoms with Crippen LogP contribution < -0.4 is 0 Å². The number of phosphoric acid groups is 2. The molecular weight excluding hydrogens is 1310 g/mol. The second kappa shape index (κ2) is 73.9. The summed E-state index contributed by atoms with van der Waals surface area (Å²) in [6, 6.07) is 0. The highest BCUT2D eigenvalue weighted by molar-refractivity contribution is 7.47. The van der Waals surface area contributed by atoms with Crippen molar-refractivity contribution in [1.82, 2.24) is 0 Å². The van der Waals surface area contributed by atoms with Crippen molar-refractivity contribution in [2.45, 2.75) is 451 Å². The van der Waals surface area contributed by atoms with Gasteiger partial charge in [0.1, 0.15) is 19.3 Å². The maximum atomic E-state index is 13.1. The Bertz CT molecular complexity index is 1910. The van der Waals surface area contributed by atoms with Gasteiger partial charge >= 0.3 is 39.5 Å². The van der Waals surface area contributed by atoms with Gasteiger partial charge in [-0.05, 0) is 31.6 Å². The Morgan fingerprint density at radius 2 is 0.480 bits per heavy atom. The molecule has 0 aliphatic carbocycles. The first kappa shape index (κ1) is 98.1. The van der Waals surface area contributed by atoms with Gasteiger partial charge in [-0.25, -0.2) is 9.13 Å². The number of ether oxygens (including phenoxy) is 4. The zero-order valence-corrected chi connectivity index (χ0v) is 67.1. The SMILES string of the molecule is CCCCCCCCCCCCCCCCCCCCCC(=O)O[C@H](COC(=O)CCCCCCCCCCCCCCCCCC)COP(=O)(O)OC[C@@H](O)COP(=O)(O)OC[C@@H](COC(=O)CCCCCCCCC(C)CC)OC(=O)CCCCCCCCCCCCCCCCC. The van der Waals surface area contributed by atoms with Crippen LogP contribution in [0.5, 0.6) is 0 Å². The number of hydrogen-bond acceptors (Lipinski definition) is 15. The molecule has 0 aromatic heterocycles. The molecule has 0 spiro atoms.